The maximum atomic E-state index is 12.3. The van der Waals surface area contributed by atoms with E-state index in [1.165, 1.54) is 0 Å². The molecule has 0 bridgehead atoms. The van der Waals surface area contributed by atoms with E-state index >= 15 is 0 Å². The quantitative estimate of drug-likeness (QED) is 0.229. The number of carbonyl (C=O) groups is 1. The second kappa shape index (κ2) is 12.4. The average Bonchev–Trinajstić information content (AvgIpc) is 3.33. The molecule has 0 saturated carbocycles. The molecule has 1 saturated heterocycles. The Balaban J connectivity index is 1.09. The molecule has 3 aromatic carbocycles. The third kappa shape index (κ3) is 7.08. The lowest BCUT2D eigenvalue weighted by molar-refractivity contribution is 0.0398. The van der Waals surface area contributed by atoms with Gasteiger partial charge in [-0.25, -0.2) is 4.79 Å². The summed E-state index contributed by atoms with van der Waals surface area (Å²) in [5.41, 5.74) is 3.56. The van der Waals surface area contributed by atoms with E-state index in [-0.39, 0.29) is 6.03 Å². The van der Waals surface area contributed by atoms with Crippen molar-refractivity contribution in [1.29, 1.82) is 0 Å². The number of hydrogen-bond donors (Lipinski definition) is 3. The first kappa shape index (κ1) is 26.1. The molecule has 0 spiro atoms. The molecule has 0 radical (unpaired) electrons. The lowest BCUT2D eigenvalue weighted by atomic mass is 10.2. The predicted octanol–water partition coefficient (Wildman–Crippen LogP) is 6.10. The number of amides is 2. The van der Waals surface area contributed by atoms with Crippen molar-refractivity contribution in [3.05, 3.63) is 76.3 Å². The Morgan fingerprint density at radius 3 is 2.50 bits per heavy atom. The van der Waals surface area contributed by atoms with Crippen molar-refractivity contribution >= 4 is 57.7 Å². The predicted molar refractivity (Wildman–Crippen MR) is 150 cm³/mol. The van der Waals surface area contributed by atoms with Gasteiger partial charge >= 0.3 is 6.03 Å². The van der Waals surface area contributed by atoms with Crippen LogP contribution < -0.4 is 20.7 Å². The minimum Gasteiger partial charge on any atom is -0.489 e. The Kier molecular flexibility index (Phi) is 8.50. The van der Waals surface area contributed by atoms with Crippen LogP contribution in [0.25, 0.3) is 11.1 Å². The number of carbonyl (C=O) groups excluding carboxylic acids is 1. The number of morpholine rings is 1. The first-order chi connectivity index (χ1) is 18.5. The minimum atomic E-state index is -0.386. The summed E-state index contributed by atoms with van der Waals surface area (Å²) in [4.78, 5) is 19.1. The monoisotopic (exact) mass is 555 g/mol. The Labute approximate surface area is 230 Å². The van der Waals surface area contributed by atoms with Crippen molar-refractivity contribution in [2.45, 2.75) is 6.61 Å². The molecule has 38 heavy (non-hydrogen) atoms. The zero-order valence-electron chi connectivity index (χ0n) is 20.5. The van der Waals surface area contributed by atoms with Crippen LogP contribution in [0, 0.1) is 0 Å². The Morgan fingerprint density at radius 1 is 0.947 bits per heavy atom. The Morgan fingerprint density at radius 2 is 1.71 bits per heavy atom. The van der Waals surface area contributed by atoms with Gasteiger partial charge in [0.05, 0.1) is 23.3 Å². The van der Waals surface area contributed by atoms with E-state index in [0.29, 0.717) is 45.4 Å². The number of rotatable bonds is 9. The fraction of sp³-hybridized carbons (Fsp3) is 0.259. The standard InChI is InChI=1S/C27H27Cl2N5O4/c28-22-7-5-20(15-23(22)29)32-26(35)31-19-3-1-18(2-4-19)17-37-21-6-8-25-24(16-21)33-27(38-25)30-9-10-34-11-13-36-14-12-34/h1-8,15-16H,9-14,17H2,(H,30,33)(H2,31,32,35). The molecule has 0 atom stereocenters. The highest BCUT2D eigenvalue weighted by Crippen LogP contribution is 2.26. The molecule has 5 rings (SSSR count). The van der Waals surface area contributed by atoms with Crippen LogP contribution in [0.2, 0.25) is 10.0 Å². The van der Waals surface area contributed by atoms with Crippen LogP contribution in [-0.4, -0.2) is 55.3 Å². The molecular weight excluding hydrogens is 529 g/mol. The lowest BCUT2D eigenvalue weighted by Gasteiger charge is -2.26. The highest BCUT2D eigenvalue weighted by Gasteiger charge is 2.11. The topological polar surface area (TPSA) is 101 Å². The van der Waals surface area contributed by atoms with Crippen LogP contribution in [0.15, 0.2) is 65.1 Å². The van der Waals surface area contributed by atoms with Crippen LogP contribution in [0.1, 0.15) is 5.56 Å². The highest BCUT2D eigenvalue weighted by atomic mass is 35.5. The van der Waals surface area contributed by atoms with Crippen LogP contribution in [-0.2, 0) is 11.3 Å². The van der Waals surface area contributed by atoms with E-state index in [9.17, 15) is 4.79 Å². The molecule has 2 heterocycles. The molecule has 3 N–H and O–H groups in total. The first-order valence-corrected chi connectivity index (χ1v) is 13.0. The first-order valence-electron chi connectivity index (χ1n) is 12.2. The normalized spacial score (nSPS) is 13.8. The van der Waals surface area contributed by atoms with Gasteiger partial charge in [0.15, 0.2) is 5.58 Å². The minimum absolute atomic E-state index is 0.365. The van der Waals surface area contributed by atoms with Crippen LogP contribution in [0.3, 0.4) is 0 Å². The highest BCUT2D eigenvalue weighted by molar-refractivity contribution is 6.42. The number of halogens is 2. The SMILES string of the molecule is O=C(Nc1ccc(COc2ccc3oc(NCCN4CCOCC4)nc3c2)cc1)Nc1ccc(Cl)c(Cl)c1. The summed E-state index contributed by atoms with van der Waals surface area (Å²) in [6.07, 6.45) is 0. The summed E-state index contributed by atoms with van der Waals surface area (Å²) in [5, 5.41) is 9.54. The largest absolute Gasteiger partial charge is 0.489 e. The number of nitrogens with zero attached hydrogens (tertiary/aromatic N) is 2. The number of fused-ring (bicyclic) bond motifs is 1. The fourth-order valence-electron chi connectivity index (χ4n) is 3.94. The van der Waals surface area contributed by atoms with E-state index in [4.69, 9.17) is 37.1 Å². The second-order valence-electron chi connectivity index (χ2n) is 8.72. The number of hydrogen-bond acceptors (Lipinski definition) is 7. The van der Waals surface area contributed by atoms with E-state index in [1.807, 2.05) is 42.5 Å². The van der Waals surface area contributed by atoms with Gasteiger partial charge in [0.1, 0.15) is 17.9 Å². The van der Waals surface area contributed by atoms with Gasteiger partial charge in [0.2, 0.25) is 0 Å². The fourth-order valence-corrected chi connectivity index (χ4v) is 4.23. The third-order valence-electron chi connectivity index (χ3n) is 5.96. The van der Waals surface area contributed by atoms with E-state index in [0.717, 1.165) is 50.5 Å². The Bertz CT molecular complexity index is 1390. The zero-order chi connectivity index (χ0) is 26.3. The molecule has 1 aliphatic rings. The lowest BCUT2D eigenvalue weighted by Crippen LogP contribution is -2.39. The van der Waals surface area contributed by atoms with Gasteiger partial charge in [-0.05, 0) is 48.0 Å². The van der Waals surface area contributed by atoms with E-state index in [2.05, 4.69) is 25.8 Å². The smallest absolute Gasteiger partial charge is 0.323 e. The summed E-state index contributed by atoms with van der Waals surface area (Å²) < 4.78 is 17.1. The third-order valence-corrected chi connectivity index (χ3v) is 6.70. The molecule has 9 nitrogen and oxygen atoms in total. The molecule has 2 amide bonds. The van der Waals surface area contributed by atoms with Crippen molar-refractivity contribution in [3.8, 4) is 5.75 Å². The maximum Gasteiger partial charge on any atom is 0.323 e. The Hall–Kier alpha value is -3.50. The number of urea groups is 1. The van der Waals surface area contributed by atoms with Gasteiger partial charge in [0.25, 0.3) is 6.01 Å². The van der Waals surface area contributed by atoms with E-state index in [1.54, 1.807) is 18.2 Å². The summed E-state index contributed by atoms with van der Waals surface area (Å²) in [5.74, 6) is 0.689. The summed E-state index contributed by atoms with van der Waals surface area (Å²) in [7, 11) is 0. The molecule has 198 valence electrons. The second-order valence-corrected chi connectivity index (χ2v) is 9.54. The van der Waals surface area contributed by atoms with Crippen molar-refractivity contribution in [3.63, 3.8) is 0 Å². The number of anilines is 3. The molecule has 0 aliphatic carbocycles. The van der Waals surface area contributed by atoms with Gasteiger partial charge < -0.3 is 29.8 Å². The van der Waals surface area contributed by atoms with Crippen molar-refractivity contribution < 1.29 is 18.7 Å². The average molecular weight is 556 g/mol. The van der Waals surface area contributed by atoms with Crippen LogP contribution in [0.4, 0.5) is 22.2 Å². The number of nitrogens with one attached hydrogen (secondary N) is 3. The molecule has 0 unspecified atom stereocenters. The van der Waals surface area contributed by atoms with Gasteiger partial charge in [-0.2, -0.15) is 4.98 Å². The van der Waals surface area contributed by atoms with Gasteiger partial charge in [-0.3, -0.25) is 4.90 Å². The molecule has 4 aromatic rings. The molecular formula is C27H27Cl2N5O4. The summed E-state index contributed by atoms with van der Waals surface area (Å²) in [6.45, 7) is 5.49. The van der Waals surface area contributed by atoms with Crippen LogP contribution in [0.5, 0.6) is 5.75 Å². The zero-order valence-corrected chi connectivity index (χ0v) is 22.0. The van der Waals surface area contributed by atoms with Gasteiger partial charge in [-0.1, -0.05) is 35.3 Å². The summed E-state index contributed by atoms with van der Waals surface area (Å²) >= 11 is 11.9. The number of oxazole rings is 1. The van der Waals surface area contributed by atoms with Crippen molar-refractivity contribution in [1.82, 2.24) is 9.88 Å². The summed E-state index contributed by atoms with van der Waals surface area (Å²) in [6, 6.07) is 18.0. The number of ether oxygens (including phenoxy) is 2. The molecule has 1 fully saturated rings. The maximum absolute atomic E-state index is 12.3. The van der Waals surface area contributed by atoms with Gasteiger partial charge in [-0.15, -0.1) is 0 Å². The number of aromatic nitrogens is 1. The van der Waals surface area contributed by atoms with Gasteiger partial charge in [0, 0.05) is 43.6 Å². The van der Waals surface area contributed by atoms with E-state index < -0.39 is 0 Å². The van der Waals surface area contributed by atoms with Crippen LogP contribution >= 0.6 is 23.2 Å². The molecule has 11 heteroatoms. The molecule has 1 aliphatic heterocycles. The van der Waals surface area contributed by atoms with Crippen molar-refractivity contribution in [2.75, 3.05) is 55.3 Å². The molecule has 1 aromatic heterocycles. The van der Waals surface area contributed by atoms with Crippen molar-refractivity contribution in [2.24, 2.45) is 0 Å². The number of benzene rings is 3.